The lowest BCUT2D eigenvalue weighted by Crippen LogP contribution is -2.50. The van der Waals surface area contributed by atoms with Crippen molar-refractivity contribution in [3.63, 3.8) is 0 Å². The molecular weight excluding hydrogens is 298 g/mol. The summed E-state index contributed by atoms with van der Waals surface area (Å²) < 4.78 is 0. The highest BCUT2D eigenvalue weighted by Gasteiger charge is 2.45. The van der Waals surface area contributed by atoms with Crippen LogP contribution in [0.4, 0.5) is 11.4 Å². The Morgan fingerprint density at radius 1 is 1.21 bits per heavy atom. The van der Waals surface area contributed by atoms with Gasteiger partial charge in [-0.25, -0.2) is 0 Å². The molecule has 0 saturated heterocycles. The van der Waals surface area contributed by atoms with Gasteiger partial charge in [0.1, 0.15) is 6.04 Å². The average Bonchev–Trinajstić information content (AvgIpc) is 2.71. The van der Waals surface area contributed by atoms with E-state index in [2.05, 4.69) is 17.5 Å². The molecule has 4 nitrogen and oxygen atoms in total. The standard InChI is InChI=1S/C20H21N3O/c1-20(19(24)22-16-9-4-3-5-10-16)13-12-15-8-6-7-11-17(15)23(2)18(20)14-21/h3-11,18H,12-13H2,1-2H3,(H,22,24)/t18-,20-/m0/s1. The molecule has 0 bridgehead atoms. The monoisotopic (exact) mass is 319 g/mol. The number of aryl methyl sites for hydroxylation is 1. The molecule has 0 unspecified atom stereocenters. The first kappa shape index (κ1) is 16.1. The van der Waals surface area contributed by atoms with E-state index < -0.39 is 11.5 Å². The Morgan fingerprint density at radius 3 is 2.58 bits per heavy atom. The van der Waals surface area contributed by atoms with Crippen LogP contribution in [-0.2, 0) is 11.2 Å². The predicted octanol–water partition coefficient (Wildman–Crippen LogP) is 3.61. The number of fused-ring (bicyclic) bond motifs is 1. The number of carbonyl (C=O) groups excluding carboxylic acids is 1. The summed E-state index contributed by atoms with van der Waals surface area (Å²) in [6, 6.07) is 19.3. The summed E-state index contributed by atoms with van der Waals surface area (Å²) in [6.07, 6.45) is 1.41. The summed E-state index contributed by atoms with van der Waals surface area (Å²) >= 11 is 0. The minimum Gasteiger partial charge on any atom is -0.358 e. The van der Waals surface area contributed by atoms with Crippen LogP contribution >= 0.6 is 0 Å². The summed E-state index contributed by atoms with van der Waals surface area (Å²) in [5.74, 6) is -0.111. The van der Waals surface area contributed by atoms with Crippen LogP contribution in [0, 0.1) is 16.7 Å². The van der Waals surface area contributed by atoms with Crippen LogP contribution in [0.2, 0.25) is 0 Å². The molecular formula is C20H21N3O. The molecule has 122 valence electrons. The number of nitrogens with one attached hydrogen (secondary N) is 1. The Labute approximate surface area is 142 Å². The number of nitriles is 1. The summed E-state index contributed by atoms with van der Waals surface area (Å²) in [5, 5.41) is 12.8. The van der Waals surface area contributed by atoms with E-state index in [1.54, 1.807) is 0 Å². The quantitative estimate of drug-likeness (QED) is 0.920. The maximum Gasteiger partial charge on any atom is 0.233 e. The molecule has 1 heterocycles. The molecule has 2 atom stereocenters. The fourth-order valence-electron chi connectivity index (χ4n) is 3.43. The molecule has 0 saturated carbocycles. The van der Waals surface area contributed by atoms with Crippen molar-refractivity contribution in [3.05, 3.63) is 60.2 Å². The maximum absolute atomic E-state index is 13.0. The normalized spacial score (nSPS) is 22.9. The van der Waals surface area contributed by atoms with Gasteiger partial charge in [0.05, 0.1) is 11.5 Å². The molecule has 0 spiro atoms. The second kappa shape index (κ2) is 6.37. The van der Waals surface area contributed by atoms with Crippen LogP contribution in [0.5, 0.6) is 0 Å². The van der Waals surface area contributed by atoms with Crippen molar-refractivity contribution < 1.29 is 4.79 Å². The van der Waals surface area contributed by atoms with Gasteiger partial charge in [0, 0.05) is 18.4 Å². The largest absolute Gasteiger partial charge is 0.358 e. The minimum absolute atomic E-state index is 0.111. The fraction of sp³-hybridized carbons (Fsp3) is 0.300. The molecule has 3 rings (SSSR count). The predicted molar refractivity (Wildman–Crippen MR) is 95.7 cm³/mol. The van der Waals surface area contributed by atoms with Crippen molar-refractivity contribution in [3.8, 4) is 6.07 Å². The third-order valence-electron chi connectivity index (χ3n) is 4.95. The van der Waals surface area contributed by atoms with E-state index in [4.69, 9.17) is 0 Å². The van der Waals surface area contributed by atoms with Gasteiger partial charge in [0.15, 0.2) is 0 Å². The summed E-state index contributed by atoms with van der Waals surface area (Å²) in [6.45, 7) is 1.89. The summed E-state index contributed by atoms with van der Waals surface area (Å²) in [4.78, 5) is 15.0. The number of anilines is 2. The molecule has 4 heteroatoms. The zero-order valence-corrected chi connectivity index (χ0v) is 14.0. The molecule has 1 amide bonds. The average molecular weight is 319 g/mol. The van der Waals surface area contributed by atoms with Gasteiger partial charge in [-0.05, 0) is 43.5 Å². The van der Waals surface area contributed by atoms with E-state index in [0.717, 1.165) is 17.8 Å². The van der Waals surface area contributed by atoms with Crippen LogP contribution in [0.3, 0.4) is 0 Å². The van der Waals surface area contributed by atoms with Crippen molar-refractivity contribution in [1.82, 2.24) is 0 Å². The first-order valence-corrected chi connectivity index (χ1v) is 8.13. The number of rotatable bonds is 2. The number of hydrogen-bond donors (Lipinski definition) is 1. The molecule has 2 aromatic rings. The van der Waals surface area contributed by atoms with E-state index in [1.165, 1.54) is 5.56 Å². The zero-order chi connectivity index (χ0) is 17.2. The second-order valence-corrected chi connectivity index (χ2v) is 6.51. The summed E-state index contributed by atoms with van der Waals surface area (Å²) in [5.41, 5.74) is 2.17. The molecule has 24 heavy (non-hydrogen) atoms. The lowest BCUT2D eigenvalue weighted by molar-refractivity contribution is -0.125. The third-order valence-corrected chi connectivity index (χ3v) is 4.95. The SMILES string of the molecule is CN1c2ccccc2CC[C@](C)(C(=O)Nc2ccccc2)[C@@H]1C#N. The Bertz CT molecular complexity index is 781. The Hall–Kier alpha value is -2.80. The third kappa shape index (κ3) is 2.74. The van der Waals surface area contributed by atoms with Crippen molar-refractivity contribution in [2.45, 2.75) is 25.8 Å². The van der Waals surface area contributed by atoms with Crippen molar-refractivity contribution in [1.29, 1.82) is 5.26 Å². The van der Waals surface area contributed by atoms with Gasteiger partial charge >= 0.3 is 0 Å². The van der Waals surface area contributed by atoms with Crippen LogP contribution in [0.15, 0.2) is 54.6 Å². The van der Waals surface area contributed by atoms with Crippen LogP contribution < -0.4 is 10.2 Å². The first-order valence-electron chi connectivity index (χ1n) is 8.13. The smallest absolute Gasteiger partial charge is 0.233 e. The van der Waals surface area contributed by atoms with Crippen molar-refractivity contribution in [2.24, 2.45) is 5.41 Å². The fourth-order valence-corrected chi connectivity index (χ4v) is 3.43. The molecule has 0 aliphatic carbocycles. The number of hydrogen-bond acceptors (Lipinski definition) is 3. The van der Waals surface area contributed by atoms with Gasteiger partial charge < -0.3 is 10.2 Å². The number of benzene rings is 2. The van der Waals surface area contributed by atoms with Crippen LogP contribution in [-0.4, -0.2) is 19.0 Å². The molecule has 0 fully saturated rings. The molecule has 1 aliphatic rings. The molecule has 1 aliphatic heterocycles. The van der Waals surface area contributed by atoms with Crippen molar-refractivity contribution >= 4 is 17.3 Å². The van der Waals surface area contributed by atoms with Crippen LogP contribution in [0.25, 0.3) is 0 Å². The highest BCUT2D eigenvalue weighted by Crippen LogP contribution is 2.39. The number of carbonyl (C=O) groups is 1. The molecule has 0 radical (unpaired) electrons. The lowest BCUT2D eigenvalue weighted by atomic mass is 9.77. The van der Waals surface area contributed by atoms with Gasteiger partial charge in [0.2, 0.25) is 5.91 Å². The number of amides is 1. The summed E-state index contributed by atoms with van der Waals surface area (Å²) in [7, 11) is 1.89. The highest BCUT2D eigenvalue weighted by atomic mass is 16.2. The van der Waals surface area contributed by atoms with E-state index >= 15 is 0 Å². The van der Waals surface area contributed by atoms with Crippen molar-refractivity contribution in [2.75, 3.05) is 17.3 Å². The molecule has 2 aromatic carbocycles. The Morgan fingerprint density at radius 2 is 1.88 bits per heavy atom. The van der Waals surface area contributed by atoms with E-state index in [9.17, 15) is 10.1 Å². The van der Waals surface area contributed by atoms with Gasteiger partial charge in [0.25, 0.3) is 0 Å². The Balaban J connectivity index is 1.94. The van der Waals surface area contributed by atoms with E-state index in [0.29, 0.717) is 6.42 Å². The zero-order valence-electron chi connectivity index (χ0n) is 14.0. The van der Waals surface area contributed by atoms with Gasteiger partial charge in [-0.15, -0.1) is 0 Å². The lowest BCUT2D eigenvalue weighted by Gasteiger charge is -2.36. The highest BCUT2D eigenvalue weighted by molar-refractivity contribution is 5.96. The van der Waals surface area contributed by atoms with Crippen LogP contribution in [0.1, 0.15) is 18.9 Å². The number of para-hydroxylation sites is 2. The van der Waals surface area contributed by atoms with E-state index in [-0.39, 0.29) is 5.91 Å². The van der Waals surface area contributed by atoms with E-state index in [1.807, 2.05) is 67.4 Å². The molecule has 1 N–H and O–H groups in total. The topological polar surface area (TPSA) is 56.1 Å². The molecule has 0 aromatic heterocycles. The maximum atomic E-state index is 13.0. The second-order valence-electron chi connectivity index (χ2n) is 6.51. The minimum atomic E-state index is -0.793. The Kier molecular flexibility index (Phi) is 4.26. The number of nitrogens with zero attached hydrogens (tertiary/aromatic N) is 2. The van der Waals surface area contributed by atoms with Gasteiger partial charge in [-0.2, -0.15) is 5.26 Å². The van der Waals surface area contributed by atoms with Gasteiger partial charge in [-0.3, -0.25) is 4.79 Å². The first-order chi connectivity index (χ1) is 11.6. The van der Waals surface area contributed by atoms with Gasteiger partial charge in [-0.1, -0.05) is 36.4 Å².